The number of fused-ring (bicyclic) bond motifs is 1. The number of pyridine rings is 2. The molecule has 0 fully saturated rings. The number of thiazole rings is 1. The normalized spacial score (nSPS) is 11.0. The van der Waals surface area contributed by atoms with Crippen LogP contribution in [0.1, 0.15) is 15.9 Å². The highest BCUT2D eigenvalue weighted by atomic mass is 32.1. The van der Waals surface area contributed by atoms with Crippen LogP contribution in [0.4, 0.5) is 0 Å². The number of aromatic nitrogens is 4. The van der Waals surface area contributed by atoms with Crippen LogP contribution < -0.4 is 5.32 Å². The molecular weight excluding hydrogens is 410 g/mol. The Bertz CT molecular complexity index is 1330. The van der Waals surface area contributed by atoms with Crippen LogP contribution in [0.3, 0.4) is 0 Å². The molecular formula is C23H17N5O2S. The van der Waals surface area contributed by atoms with Gasteiger partial charge in [-0.25, -0.2) is 4.98 Å². The van der Waals surface area contributed by atoms with Crippen LogP contribution in [-0.2, 0) is 6.42 Å². The summed E-state index contributed by atoms with van der Waals surface area (Å²) in [4.78, 5) is 25.6. The molecule has 0 aliphatic heterocycles. The summed E-state index contributed by atoms with van der Waals surface area (Å²) in [6.45, 7) is 0.527. The van der Waals surface area contributed by atoms with Crippen molar-refractivity contribution in [2.24, 2.45) is 0 Å². The van der Waals surface area contributed by atoms with Crippen LogP contribution in [-0.4, -0.2) is 32.6 Å². The maximum absolute atomic E-state index is 12.6. The highest BCUT2D eigenvalue weighted by Gasteiger charge is 2.16. The molecule has 152 valence electrons. The standard InChI is InChI=1S/C23H17N5O2S/c29-22(26-10-7-15-3-1-8-24-12-15)16-5-6-20-18(11-16)21(28-30-20)19-14-31-23(27-19)17-4-2-9-25-13-17/h1-6,8-9,11-14H,7,10H2,(H,26,29). The van der Waals surface area contributed by atoms with Gasteiger partial charge in [-0.2, -0.15) is 0 Å². The van der Waals surface area contributed by atoms with Crippen molar-refractivity contribution < 1.29 is 9.32 Å². The van der Waals surface area contributed by atoms with Gasteiger partial charge in [-0.15, -0.1) is 11.3 Å². The lowest BCUT2D eigenvalue weighted by Crippen LogP contribution is -2.25. The Morgan fingerprint density at radius 2 is 1.94 bits per heavy atom. The van der Waals surface area contributed by atoms with Crippen LogP contribution in [0.25, 0.3) is 32.9 Å². The summed E-state index contributed by atoms with van der Waals surface area (Å²) in [5.41, 5.74) is 4.50. The summed E-state index contributed by atoms with van der Waals surface area (Å²) < 4.78 is 5.46. The fourth-order valence-corrected chi connectivity index (χ4v) is 4.03. The zero-order chi connectivity index (χ0) is 21.0. The van der Waals surface area contributed by atoms with Crippen molar-refractivity contribution in [1.82, 2.24) is 25.4 Å². The van der Waals surface area contributed by atoms with E-state index >= 15 is 0 Å². The monoisotopic (exact) mass is 427 g/mol. The van der Waals surface area contributed by atoms with Gasteiger partial charge in [0.25, 0.3) is 5.91 Å². The molecule has 0 saturated heterocycles. The average molecular weight is 427 g/mol. The quantitative estimate of drug-likeness (QED) is 0.432. The molecule has 1 amide bonds. The van der Waals surface area contributed by atoms with Gasteiger partial charge in [0.2, 0.25) is 0 Å². The third-order valence-corrected chi connectivity index (χ3v) is 5.70. The SMILES string of the molecule is O=C(NCCc1cccnc1)c1ccc2onc(-c3csc(-c4cccnc4)n3)c2c1. The largest absolute Gasteiger partial charge is 0.356 e. The van der Waals surface area contributed by atoms with E-state index in [0.717, 1.165) is 27.9 Å². The summed E-state index contributed by atoms with van der Waals surface area (Å²) >= 11 is 1.51. The van der Waals surface area contributed by atoms with E-state index < -0.39 is 0 Å². The number of amides is 1. The summed E-state index contributed by atoms with van der Waals surface area (Å²) in [7, 11) is 0. The van der Waals surface area contributed by atoms with Crippen LogP contribution in [0, 0.1) is 0 Å². The van der Waals surface area contributed by atoms with Gasteiger partial charge in [-0.05, 0) is 48.4 Å². The first kappa shape index (κ1) is 19.1. The Morgan fingerprint density at radius 3 is 2.74 bits per heavy atom. The fourth-order valence-electron chi connectivity index (χ4n) is 3.24. The average Bonchev–Trinajstić information content (AvgIpc) is 3.47. The smallest absolute Gasteiger partial charge is 0.251 e. The molecule has 0 spiro atoms. The summed E-state index contributed by atoms with van der Waals surface area (Å²) in [6.07, 6.45) is 7.76. The van der Waals surface area contributed by atoms with Crippen molar-refractivity contribution in [2.75, 3.05) is 6.54 Å². The van der Waals surface area contributed by atoms with Crippen molar-refractivity contribution in [1.29, 1.82) is 0 Å². The van der Waals surface area contributed by atoms with Gasteiger partial charge < -0.3 is 9.84 Å². The summed E-state index contributed by atoms with van der Waals surface area (Å²) in [6, 6.07) is 13.0. The zero-order valence-electron chi connectivity index (χ0n) is 16.4. The van der Waals surface area contributed by atoms with Gasteiger partial charge in [-0.1, -0.05) is 11.2 Å². The fraction of sp³-hybridized carbons (Fsp3) is 0.0870. The van der Waals surface area contributed by atoms with Gasteiger partial charge in [0.05, 0.1) is 5.39 Å². The second kappa shape index (κ2) is 8.45. The topological polar surface area (TPSA) is 93.8 Å². The van der Waals surface area contributed by atoms with E-state index in [-0.39, 0.29) is 5.91 Å². The number of hydrogen-bond acceptors (Lipinski definition) is 7. The molecule has 4 aromatic heterocycles. The molecule has 5 aromatic rings. The maximum Gasteiger partial charge on any atom is 0.251 e. The van der Waals surface area contributed by atoms with Gasteiger partial charge in [0.1, 0.15) is 16.4 Å². The Hall–Kier alpha value is -3.91. The lowest BCUT2D eigenvalue weighted by Gasteiger charge is -2.05. The second-order valence-corrected chi connectivity index (χ2v) is 7.75. The molecule has 0 atom stereocenters. The number of hydrogen-bond donors (Lipinski definition) is 1. The van der Waals surface area contributed by atoms with Crippen molar-refractivity contribution in [3.63, 3.8) is 0 Å². The highest BCUT2D eigenvalue weighted by molar-refractivity contribution is 7.13. The Labute approximate surface area is 181 Å². The van der Waals surface area contributed by atoms with Gasteiger partial charge in [-0.3, -0.25) is 14.8 Å². The van der Waals surface area contributed by atoms with E-state index in [1.807, 2.05) is 29.6 Å². The molecule has 7 nitrogen and oxygen atoms in total. The Balaban J connectivity index is 1.36. The molecule has 4 heterocycles. The number of rotatable bonds is 6. The third kappa shape index (κ3) is 4.06. The Kier molecular flexibility index (Phi) is 5.20. The number of nitrogens with one attached hydrogen (secondary N) is 1. The number of nitrogens with zero attached hydrogens (tertiary/aromatic N) is 4. The third-order valence-electron chi connectivity index (χ3n) is 4.81. The maximum atomic E-state index is 12.6. The first-order valence-electron chi connectivity index (χ1n) is 9.71. The van der Waals surface area contributed by atoms with Crippen molar-refractivity contribution in [3.8, 4) is 22.0 Å². The van der Waals surface area contributed by atoms with Crippen LogP contribution in [0.2, 0.25) is 0 Å². The lowest BCUT2D eigenvalue weighted by molar-refractivity contribution is 0.0954. The van der Waals surface area contributed by atoms with E-state index in [1.54, 1.807) is 43.0 Å². The van der Waals surface area contributed by atoms with Crippen molar-refractivity contribution in [3.05, 3.63) is 83.8 Å². The molecule has 0 aliphatic carbocycles. The van der Waals surface area contributed by atoms with Gasteiger partial charge in [0, 0.05) is 47.8 Å². The summed E-state index contributed by atoms with van der Waals surface area (Å²) in [5, 5.41) is 10.7. The van der Waals surface area contributed by atoms with E-state index in [1.165, 1.54) is 11.3 Å². The number of carbonyl (C=O) groups is 1. The van der Waals surface area contributed by atoms with E-state index in [4.69, 9.17) is 4.52 Å². The predicted molar refractivity (Wildman–Crippen MR) is 119 cm³/mol. The highest BCUT2D eigenvalue weighted by Crippen LogP contribution is 2.32. The zero-order valence-corrected chi connectivity index (χ0v) is 17.2. The van der Waals surface area contributed by atoms with E-state index in [9.17, 15) is 4.79 Å². The molecule has 1 aromatic carbocycles. The van der Waals surface area contributed by atoms with Gasteiger partial charge >= 0.3 is 0 Å². The Morgan fingerprint density at radius 1 is 1.06 bits per heavy atom. The van der Waals surface area contributed by atoms with Crippen molar-refractivity contribution in [2.45, 2.75) is 6.42 Å². The molecule has 1 N–H and O–H groups in total. The van der Waals surface area contributed by atoms with E-state index in [2.05, 4.69) is 25.4 Å². The molecule has 0 saturated carbocycles. The molecule has 5 rings (SSSR count). The minimum atomic E-state index is -0.146. The van der Waals surface area contributed by atoms with Crippen LogP contribution in [0.5, 0.6) is 0 Å². The molecule has 0 unspecified atom stereocenters. The predicted octanol–water partition coefficient (Wildman–Crippen LogP) is 4.38. The molecule has 31 heavy (non-hydrogen) atoms. The molecule has 0 bridgehead atoms. The minimum absolute atomic E-state index is 0.146. The molecule has 0 aliphatic rings. The van der Waals surface area contributed by atoms with E-state index in [0.29, 0.717) is 29.1 Å². The number of carbonyl (C=O) groups excluding carboxylic acids is 1. The van der Waals surface area contributed by atoms with Crippen LogP contribution in [0.15, 0.2) is 77.2 Å². The second-order valence-electron chi connectivity index (χ2n) is 6.89. The van der Waals surface area contributed by atoms with Crippen molar-refractivity contribution >= 4 is 28.2 Å². The summed E-state index contributed by atoms with van der Waals surface area (Å²) in [5.74, 6) is -0.146. The number of benzene rings is 1. The first-order chi connectivity index (χ1) is 15.3. The minimum Gasteiger partial charge on any atom is -0.356 e. The lowest BCUT2D eigenvalue weighted by atomic mass is 10.1. The first-order valence-corrected chi connectivity index (χ1v) is 10.6. The molecule has 0 radical (unpaired) electrons. The molecule has 8 heteroatoms. The van der Waals surface area contributed by atoms with Crippen LogP contribution >= 0.6 is 11.3 Å². The van der Waals surface area contributed by atoms with Gasteiger partial charge in [0.15, 0.2) is 5.58 Å².